The van der Waals surface area contributed by atoms with Gasteiger partial charge >= 0.3 is 5.97 Å². The minimum Gasteiger partial charge on any atom is -0.478 e. The van der Waals surface area contributed by atoms with Crippen LogP contribution in [0, 0.1) is 0 Å². The van der Waals surface area contributed by atoms with Crippen LogP contribution < -0.4 is 0 Å². The predicted molar refractivity (Wildman–Crippen MR) is 99.1 cm³/mol. The lowest BCUT2D eigenvalue weighted by Crippen LogP contribution is -2.01. The monoisotopic (exact) mass is 350 g/mol. The smallest absolute Gasteiger partial charge is 0.335 e. The lowest BCUT2D eigenvalue weighted by molar-refractivity contribution is 0.0697. The molecule has 1 aromatic heterocycles. The van der Waals surface area contributed by atoms with Crippen LogP contribution >= 0.6 is 0 Å². The normalized spacial score (nSPS) is 12.0. The molecule has 3 aromatic rings. The molecule has 1 heterocycles. The summed E-state index contributed by atoms with van der Waals surface area (Å²) in [6, 6.07) is 17.0. The van der Waals surface area contributed by atoms with Crippen molar-refractivity contribution in [3.8, 4) is 11.5 Å². The average Bonchev–Trinajstić information content (AvgIpc) is 3.15. The first-order valence-corrected chi connectivity index (χ1v) is 8.88. The predicted octanol–water partition coefficient (Wildman–Crippen LogP) is 4.95. The fourth-order valence-electron chi connectivity index (χ4n) is 3.08. The lowest BCUT2D eigenvalue weighted by atomic mass is 9.90. The third kappa shape index (κ3) is 4.36. The van der Waals surface area contributed by atoms with Crippen LogP contribution in [0.2, 0.25) is 0 Å². The van der Waals surface area contributed by atoms with Crippen molar-refractivity contribution in [2.45, 2.75) is 38.5 Å². The Labute approximate surface area is 152 Å². The minimum atomic E-state index is -0.953. The van der Waals surface area contributed by atoms with Gasteiger partial charge in [0.05, 0.1) is 5.56 Å². The van der Waals surface area contributed by atoms with E-state index >= 15 is 0 Å². The summed E-state index contributed by atoms with van der Waals surface area (Å²) >= 11 is 0. The van der Waals surface area contributed by atoms with Crippen molar-refractivity contribution in [3.63, 3.8) is 0 Å². The van der Waals surface area contributed by atoms with Crippen molar-refractivity contribution < 1.29 is 14.3 Å². The van der Waals surface area contributed by atoms with Crippen LogP contribution in [0.15, 0.2) is 59.0 Å². The van der Waals surface area contributed by atoms with Crippen molar-refractivity contribution >= 4 is 5.97 Å². The molecule has 0 saturated heterocycles. The number of aromatic nitrogens is 2. The number of benzene rings is 2. The van der Waals surface area contributed by atoms with E-state index in [0.717, 1.165) is 31.2 Å². The molecular weight excluding hydrogens is 328 g/mol. The van der Waals surface area contributed by atoms with Gasteiger partial charge in [0.2, 0.25) is 11.8 Å². The fraction of sp³-hybridized carbons (Fsp3) is 0.286. The second-order valence-corrected chi connectivity index (χ2v) is 6.32. The van der Waals surface area contributed by atoms with Crippen LogP contribution in [0.1, 0.15) is 53.9 Å². The molecule has 5 heteroatoms. The second kappa shape index (κ2) is 8.43. The molecule has 134 valence electrons. The third-order valence-corrected chi connectivity index (χ3v) is 4.46. The molecule has 26 heavy (non-hydrogen) atoms. The standard InChI is InChI=1S/C21H22N2O3/c1-2-6-15(16-7-4-3-5-8-16)13-14-19-22-23-20(26-19)17-9-11-18(12-10-17)21(24)25/h3-5,7-12,15H,2,6,13-14H2,1H3,(H,24,25). The molecule has 0 amide bonds. The zero-order valence-electron chi connectivity index (χ0n) is 14.8. The van der Waals surface area contributed by atoms with Crippen molar-refractivity contribution in [2.75, 3.05) is 0 Å². The largest absolute Gasteiger partial charge is 0.478 e. The summed E-state index contributed by atoms with van der Waals surface area (Å²) in [6.07, 6.45) is 3.93. The number of carbonyl (C=O) groups is 1. The van der Waals surface area contributed by atoms with Crippen LogP contribution in [0.5, 0.6) is 0 Å². The van der Waals surface area contributed by atoms with Gasteiger partial charge in [-0.3, -0.25) is 0 Å². The molecule has 2 aromatic carbocycles. The molecule has 1 N–H and O–H groups in total. The number of carboxylic acids is 1. The molecule has 3 rings (SSSR count). The topological polar surface area (TPSA) is 76.2 Å². The highest BCUT2D eigenvalue weighted by atomic mass is 16.4. The maximum absolute atomic E-state index is 10.9. The molecule has 0 fully saturated rings. The van der Waals surface area contributed by atoms with Crippen LogP contribution in [-0.2, 0) is 6.42 Å². The van der Waals surface area contributed by atoms with E-state index in [1.54, 1.807) is 12.1 Å². The van der Waals surface area contributed by atoms with E-state index in [1.165, 1.54) is 17.7 Å². The van der Waals surface area contributed by atoms with Crippen LogP contribution in [0.25, 0.3) is 11.5 Å². The highest BCUT2D eigenvalue weighted by molar-refractivity contribution is 5.88. The SMILES string of the molecule is CCCC(CCc1nnc(-c2ccc(C(=O)O)cc2)o1)c1ccccc1. The number of hydrogen-bond donors (Lipinski definition) is 1. The Bertz CT molecular complexity index is 841. The van der Waals surface area contributed by atoms with Gasteiger partial charge in [-0.05, 0) is 48.6 Å². The Morgan fingerprint density at radius 2 is 1.77 bits per heavy atom. The Kier molecular flexibility index (Phi) is 5.79. The zero-order chi connectivity index (χ0) is 18.4. The maximum Gasteiger partial charge on any atom is 0.335 e. The van der Waals surface area contributed by atoms with Gasteiger partial charge in [0.25, 0.3) is 0 Å². The number of rotatable bonds is 8. The van der Waals surface area contributed by atoms with E-state index in [4.69, 9.17) is 9.52 Å². The summed E-state index contributed by atoms with van der Waals surface area (Å²) in [5, 5.41) is 17.2. The van der Waals surface area contributed by atoms with Gasteiger partial charge < -0.3 is 9.52 Å². The lowest BCUT2D eigenvalue weighted by Gasteiger charge is -2.15. The highest BCUT2D eigenvalue weighted by Gasteiger charge is 2.14. The number of aromatic carboxylic acids is 1. The van der Waals surface area contributed by atoms with Crippen molar-refractivity contribution in [1.29, 1.82) is 0 Å². The molecule has 0 spiro atoms. The first kappa shape index (κ1) is 17.9. The van der Waals surface area contributed by atoms with Gasteiger partial charge in [-0.15, -0.1) is 10.2 Å². The highest BCUT2D eigenvalue weighted by Crippen LogP contribution is 2.27. The Morgan fingerprint density at radius 1 is 1.04 bits per heavy atom. The second-order valence-electron chi connectivity index (χ2n) is 6.32. The van der Waals surface area contributed by atoms with E-state index in [9.17, 15) is 4.79 Å². The van der Waals surface area contributed by atoms with Gasteiger partial charge in [-0.2, -0.15) is 0 Å². The van der Waals surface area contributed by atoms with Crippen molar-refractivity contribution in [3.05, 3.63) is 71.6 Å². The summed E-state index contributed by atoms with van der Waals surface area (Å²) in [6.45, 7) is 2.20. The molecule has 5 nitrogen and oxygen atoms in total. The third-order valence-electron chi connectivity index (χ3n) is 4.46. The molecule has 0 aliphatic carbocycles. The van der Waals surface area contributed by atoms with Crippen LogP contribution in [0.4, 0.5) is 0 Å². The van der Waals surface area contributed by atoms with E-state index in [0.29, 0.717) is 17.7 Å². The molecule has 0 bridgehead atoms. The van der Waals surface area contributed by atoms with Gasteiger partial charge in [0, 0.05) is 12.0 Å². The molecule has 0 aliphatic heterocycles. The summed E-state index contributed by atoms with van der Waals surface area (Å²) in [5.74, 6) is 0.556. The van der Waals surface area contributed by atoms with E-state index in [1.807, 2.05) is 6.07 Å². The number of nitrogens with zero attached hydrogens (tertiary/aromatic N) is 2. The summed E-state index contributed by atoms with van der Waals surface area (Å²) in [4.78, 5) is 10.9. The molecule has 1 unspecified atom stereocenters. The average molecular weight is 350 g/mol. The van der Waals surface area contributed by atoms with Crippen LogP contribution in [-0.4, -0.2) is 21.3 Å². The first-order chi connectivity index (χ1) is 12.7. The quantitative estimate of drug-likeness (QED) is 0.622. The maximum atomic E-state index is 10.9. The van der Waals surface area contributed by atoms with Crippen LogP contribution in [0.3, 0.4) is 0 Å². The first-order valence-electron chi connectivity index (χ1n) is 8.88. The molecule has 0 radical (unpaired) electrons. The zero-order valence-corrected chi connectivity index (χ0v) is 14.8. The number of hydrogen-bond acceptors (Lipinski definition) is 4. The van der Waals surface area contributed by atoms with Gasteiger partial charge in [-0.1, -0.05) is 43.7 Å². The number of carboxylic acid groups (broad SMARTS) is 1. The number of aryl methyl sites for hydroxylation is 1. The van der Waals surface area contributed by atoms with Gasteiger partial charge in [0.1, 0.15) is 0 Å². The molecule has 1 atom stereocenters. The van der Waals surface area contributed by atoms with Gasteiger partial charge in [0.15, 0.2) is 0 Å². The van der Waals surface area contributed by atoms with Gasteiger partial charge in [-0.25, -0.2) is 4.79 Å². The molecular formula is C21H22N2O3. The Balaban J connectivity index is 1.66. The summed E-state index contributed by atoms with van der Waals surface area (Å²) in [5.41, 5.74) is 2.30. The van der Waals surface area contributed by atoms with E-state index in [2.05, 4.69) is 41.4 Å². The summed E-state index contributed by atoms with van der Waals surface area (Å²) < 4.78 is 5.76. The van der Waals surface area contributed by atoms with E-state index in [-0.39, 0.29) is 5.56 Å². The van der Waals surface area contributed by atoms with Crippen molar-refractivity contribution in [1.82, 2.24) is 10.2 Å². The Hall–Kier alpha value is -2.95. The Morgan fingerprint density at radius 3 is 2.42 bits per heavy atom. The summed E-state index contributed by atoms with van der Waals surface area (Å²) in [7, 11) is 0. The fourth-order valence-corrected chi connectivity index (χ4v) is 3.08. The van der Waals surface area contributed by atoms with E-state index < -0.39 is 5.97 Å². The van der Waals surface area contributed by atoms with Crippen molar-refractivity contribution in [2.24, 2.45) is 0 Å². The minimum absolute atomic E-state index is 0.235. The molecule has 0 aliphatic rings. The molecule has 0 saturated carbocycles.